The van der Waals surface area contributed by atoms with Crippen LogP contribution in [0.15, 0.2) is 30.3 Å². The Bertz CT molecular complexity index is 623. The molecule has 1 atom stereocenters. The van der Waals surface area contributed by atoms with Crippen LogP contribution in [0.25, 0.3) is 6.08 Å². The molecule has 0 radical (unpaired) electrons. The van der Waals surface area contributed by atoms with Gasteiger partial charge in [0.1, 0.15) is 5.75 Å². The second-order valence-corrected chi connectivity index (χ2v) is 8.27. The lowest BCUT2D eigenvalue weighted by atomic mass is 10.0. The average molecular weight is 330 g/mol. The summed E-state index contributed by atoms with van der Waals surface area (Å²) >= 11 is 0. The van der Waals surface area contributed by atoms with Gasteiger partial charge < -0.3 is 14.5 Å². The summed E-state index contributed by atoms with van der Waals surface area (Å²) in [4.78, 5) is 16.9. The molecule has 1 fully saturated rings. The van der Waals surface area contributed by atoms with Gasteiger partial charge in [0.25, 0.3) is 0 Å². The molecule has 1 unspecified atom stereocenters. The Labute approximate surface area is 146 Å². The van der Waals surface area contributed by atoms with Crippen LogP contribution in [-0.2, 0) is 0 Å². The van der Waals surface area contributed by atoms with Crippen molar-refractivity contribution >= 4 is 12.1 Å². The van der Waals surface area contributed by atoms with E-state index in [1.54, 1.807) is 7.11 Å². The topological polar surface area (TPSA) is 32.8 Å². The zero-order chi connectivity index (χ0) is 18.1. The van der Waals surface area contributed by atoms with Gasteiger partial charge in [-0.2, -0.15) is 0 Å². The smallest absolute Gasteiger partial charge is 0.321 e. The molecule has 0 spiro atoms. The molecule has 0 aliphatic carbocycles. The summed E-state index contributed by atoms with van der Waals surface area (Å²) in [5.74, 6) is 0.841. The Morgan fingerprint density at radius 1 is 1.08 bits per heavy atom. The first-order valence-electron chi connectivity index (χ1n) is 8.48. The molecule has 24 heavy (non-hydrogen) atoms. The van der Waals surface area contributed by atoms with E-state index in [9.17, 15) is 4.79 Å². The molecule has 0 aromatic heterocycles. The normalized spacial score (nSPS) is 19.5. The van der Waals surface area contributed by atoms with Crippen molar-refractivity contribution < 1.29 is 9.53 Å². The minimum absolute atomic E-state index is 0.0432. The Balaban J connectivity index is 2.33. The number of carbonyl (C=O) groups excluding carboxylic acids is 1. The van der Waals surface area contributed by atoms with Crippen LogP contribution >= 0.6 is 0 Å². The van der Waals surface area contributed by atoms with Crippen LogP contribution < -0.4 is 4.74 Å². The highest BCUT2D eigenvalue weighted by molar-refractivity contribution is 5.79. The van der Waals surface area contributed by atoms with E-state index >= 15 is 0 Å². The fourth-order valence-electron chi connectivity index (χ4n) is 3.13. The number of hydrogen-bond acceptors (Lipinski definition) is 2. The molecule has 1 aromatic rings. The van der Waals surface area contributed by atoms with E-state index in [2.05, 4.69) is 53.7 Å². The molecule has 1 aliphatic rings. The minimum atomic E-state index is -0.229. The van der Waals surface area contributed by atoms with Crippen LogP contribution in [0.2, 0.25) is 0 Å². The summed E-state index contributed by atoms with van der Waals surface area (Å²) in [5, 5.41) is 0. The van der Waals surface area contributed by atoms with Crippen molar-refractivity contribution in [3.63, 3.8) is 0 Å². The van der Waals surface area contributed by atoms with Crippen molar-refractivity contribution in [2.75, 3.05) is 13.7 Å². The molecule has 1 aliphatic heterocycles. The first-order chi connectivity index (χ1) is 11.1. The quantitative estimate of drug-likeness (QED) is 0.822. The largest absolute Gasteiger partial charge is 0.496 e. The number of rotatable bonds is 3. The number of ether oxygens (including phenoxy) is 1. The van der Waals surface area contributed by atoms with E-state index in [0.29, 0.717) is 6.54 Å². The predicted octanol–water partition coefficient (Wildman–Crippen LogP) is 4.41. The molecule has 0 saturated carbocycles. The van der Waals surface area contributed by atoms with E-state index in [0.717, 1.165) is 11.3 Å². The SMILES string of the molecule is COc1ccccc1/C=C/C1CN(C(C)(C)C)C(=O)N1C(C)(C)C. The summed E-state index contributed by atoms with van der Waals surface area (Å²) in [6, 6.07) is 8.06. The molecule has 1 aromatic carbocycles. The number of amides is 2. The van der Waals surface area contributed by atoms with E-state index in [4.69, 9.17) is 4.74 Å². The molecule has 4 nitrogen and oxygen atoms in total. The maximum absolute atomic E-state index is 12.9. The van der Waals surface area contributed by atoms with Gasteiger partial charge in [-0.25, -0.2) is 4.79 Å². The fraction of sp³-hybridized carbons (Fsp3) is 0.550. The molecule has 1 heterocycles. The first kappa shape index (κ1) is 18.4. The van der Waals surface area contributed by atoms with Crippen molar-refractivity contribution in [1.82, 2.24) is 9.80 Å². The van der Waals surface area contributed by atoms with Gasteiger partial charge in [-0.15, -0.1) is 0 Å². The van der Waals surface area contributed by atoms with Crippen LogP contribution in [0.3, 0.4) is 0 Å². The second kappa shape index (κ2) is 6.50. The summed E-state index contributed by atoms with van der Waals surface area (Å²) in [7, 11) is 1.68. The standard InChI is InChI=1S/C20H30N2O2/c1-19(2,3)21-14-16(22(18(21)23)20(4,5)6)13-12-15-10-8-9-11-17(15)24-7/h8-13,16H,14H2,1-7H3/b13-12+. The van der Waals surface area contributed by atoms with Crippen molar-refractivity contribution in [2.24, 2.45) is 0 Å². The van der Waals surface area contributed by atoms with E-state index in [-0.39, 0.29) is 23.2 Å². The molecular weight excluding hydrogens is 300 g/mol. The number of urea groups is 1. The maximum Gasteiger partial charge on any atom is 0.321 e. The molecule has 0 N–H and O–H groups in total. The van der Waals surface area contributed by atoms with Gasteiger partial charge in [-0.3, -0.25) is 0 Å². The lowest BCUT2D eigenvalue weighted by Crippen LogP contribution is -2.50. The first-order valence-corrected chi connectivity index (χ1v) is 8.48. The molecular formula is C20H30N2O2. The number of para-hydroxylation sites is 1. The number of nitrogens with zero attached hydrogens (tertiary/aromatic N) is 2. The van der Waals surface area contributed by atoms with Crippen LogP contribution in [0, 0.1) is 0 Å². The van der Waals surface area contributed by atoms with Crippen LogP contribution in [0.1, 0.15) is 47.1 Å². The van der Waals surface area contributed by atoms with Crippen molar-refractivity contribution in [3.8, 4) is 5.75 Å². The molecule has 4 heteroatoms. The van der Waals surface area contributed by atoms with Crippen molar-refractivity contribution in [3.05, 3.63) is 35.9 Å². The van der Waals surface area contributed by atoms with Gasteiger partial charge in [0, 0.05) is 23.2 Å². The summed E-state index contributed by atoms with van der Waals surface area (Å²) in [5.41, 5.74) is 0.607. The van der Waals surface area contributed by atoms with Gasteiger partial charge in [0.2, 0.25) is 0 Å². The van der Waals surface area contributed by atoms with Crippen molar-refractivity contribution in [1.29, 1.82) is 0 Å². The van der Waals surface area contributed by atoms with E-state index < -0.39 is 0 Å². The van der Waals surface area contributed by atoms with Crippen LogP contribution in [0.5, 0.6) is 5.75 Å². The second-order valence-electron chi connectivity index (χ2n) is 8.27. The monoisotopic (exact) mass is 330 g/mol. The zero-order valence-corrected chi connectivity index (χ0v) is 16.0. The third-order valence-electron chi connectivity index (χ3n) is 4.31. The van der Waals surface area contributed by atoms with Crippen LogP contribution in [-0.4, -0.2) is 46.6 Å². The Kier molecular flexibility index (Phi) is 4.97. The lowest BCUT2D eigenvalue weighted by molar-refractivity contribution is 0.129. The summed E-state index contributed by atoms with van der Waals surface area (Å²) in [6.45, 7) is 13.2. The maximum atomic E-state index is 12.9. The number of methoxy groups -OCH3 is 1. The molecule has 132 valence electrons. The van der Waals surface area contributed by atoms with Gasteiger partial charge in [0.05, 0.1) is 13.2 Å². The highest BCUT2D eigenvalue weighted by Gasteiger charge is 2.45. The summed E-state index contributed by atoms with van der Waals surface area (Å²) < 4.78 is 5.41. The Morgan fingerprint density at radius 2 is 1.71 bits per heavy atom. The van der Waals surface area contributed by atoms with Crippen molar-refractivity contribution in [2.45, 2.75) is 58.7 Å². The number of hydrogen-bond donors (Lipinski definition) is 0. The van der Waals surface area contributed by atoms with E-state index in [1.165, 1.54) is 0 Å². The molecule has 0 bridgehead atoms. The highest BCUT2D eigenvalue weighted by atomic mass is 16.5. The lowest BCUT2D eigenvalue weighted by Gasteiger charge is -2.36. The molecule has 2 rings (SSSR count). The molecule has 1 saturated heterocycles. The fourth-order valence-corrected chi connectivity index (χ4v) is 3.13. The van der Waals surface area contributed by atoms with Gasteiger partial charge in [-0.05, 0) is 47.6 Å². The molecule has 2 amide bonds. The van der Waals surface area contributed by atoms with E-state index in [1.807, 2.05) is 34.1 Å². The Morgan fingerprint density at radius 3 is 2.25 bits per heavy atom. The minimum Gasteiger partial charge on any atom is -0.496 e. The van der Waals surface area contributed by atoms with Gasteiger partial charge in [0.15, 0.2) is 0 Å². The van der Waals surface area contributed by atoms with Gasteiger partial charge >= 0.3 is 6.03 Å². The summed E-state index contributed by atoms with van der Waals surface area (Å²) in [6.07, 6.45) is 4.18. The number of benzene rings is 1. The van der Waals surface area contributed by atoms with Gasteiger partial charge in [-0.1, -0.05) is 30.4 Å². The highest BCUT2D eigenvalue weighted by Crippen LogP contribution is 2.31. The average Bonchev–Trinajstić information content (AvgIpc) is 2.82. The Hall–Kier alpha value is -1.97. The third kappa shape index (κ3) is 3.74. The zero-order valence-electron chi connectivity index (χ0n) is 16.0. The number of carbonyl (C=O) groups is 1. The third-order valence-corrected chi connectivity index (χ3v) is 4.31. The van der Waals surface area contributed by atoms with Crippen LogP contribution in [0.4, 0.5) is 4.79 Å². The predicted molar refractivity (Wildman–Crippen MR) is 99.3 cm³/mol.